The monoisotopic (exact) mass is 605 g/mol. The van der Waals surface area contributed by atoms with Crippen molar-refractivity contribution in [2.24, 2.45) is 0 Å². The van der Waals surface area contributed by atoms with Crippen LogP contribution in [0.4, 0.5) is 36.6 Å². The summed E-state index contributed by atoms with van der Waals surface area (Å²) in [5.41, 5.74) is -4.23. The van der Waals surface area contributed by atoms with E-state index >= 15 is 0 Å². The van der Waals surface area contributed by atoms with Crippen LogP contribution in [0.2, 0.25) is 0 Å². The number of halogens is 7. The van der Waals surface area contributed by atoms with Crippen LogP contribution in [0.25, 0.3) is 5.69 Å². The first kappa shape index (κ1) is 30.2. The van der Waals surface area contributed by atoms with Gasteiger partial charge in [0.15, 0.2) is 5.82 Å². The molecule has 0 saturated heterocycles. The van der Waals surface area contributed by atoms with Crippen molar-refractivity contribution in [1.29, 1.82) is 0 Å². The zero-order valence-corrected chi connectivity index (χ0v) is 22.4. The maximum atomic E-state index is 13.2. The van der Waals surface area contributed by atoms with Gasteiger partial charge in [-0.2, -0.15) is 31.3 Å². The van der Waals surface area contributed by atoms with Crippen LogP contribution in [0.15, 0.2) is 27.2 Å². The minimum absolute atomic E-state index is 0.0975. The number of rotatable bonds is 10. The molecule has 1 N–H and O–H groups in total. The summed E-state index contributed by atoms with van der Waals surface area (Å²) in [5.74, 6) is -1.08. The van der Waals surface area contributed by atoms with Crippen LogP contribution in [0, 0.1) is 13.8 Å². The number of aromatic nitrogens is 2. The van der Waals surface area contributed by atoms with Gasteiger partial charge in [-0.1, -0.05) is 6.42 Å². The Balaban J connectivity index is 1.98. The van der Waals surface area contributed by atoms with Gasteiger partial charge in [-0.05, 0) is 56.2 Å². The van der Waals surface area contributed by atoms with Crippen molar-refractivity contribution in [3.63, 3.8) is 0 Å². The third-order valence-electron chi connectivity index (χ3n) is 5.40. The van der Waals surface area contributed by atoms with E-state index in [2.05, 4.69) is 9.71 Å². The summed E-state index contributed by atoms with van der Waals surface area (Å²) in [4.78, 5) is 17.1. The van der Waals surface area contributed by atoms with Gasteiger partial charge in [0.2, 0.25) is 10.0 Å². The number of imidazole rings is 1. The van der Waals surface area contributed by atoms with Crippen molar-refractivity contribution in [3.05, 3.63) is 55.9 Å². The summed E-state index contributed by atoms with van der Waals surface area (Å²) in [7, 11) is -4.61. The number of fused-ring (bicyclic) bond motifs is 1. The number of unbranched alkanes of at least 4 members (excludes halogenated alkanes) is 2. The van der Waals surface area contributed by atoms with Crippen molar-refractivity contribution in [2.45, 2.75) is 55.4 Å². The summed E-state index contributed by atoms with van der Waals surface area (Å²) < 4.78 is 121. The molecule has 0 aromatic heterocycles. The van der Waals surface area contributed by atoms with Gasteiger partial charge in [0.1, 0.15) is 5.69 Å². The number of benzene rings is 1. The Bertz CT molecular complexity index is 1400. The molecule has 0 saturated carbocycles. The Morgan fingerprint density at radius 3 is 2.16 bits per heavy atom. The molecule has 0 spiro atoms. The minimum Gasteiger partial charge on any atom is -0.265 e. The molecule has 3 rings (SSSR count). The molecular weight excluding hydrogens is 583 g/mol. The smallest absolute Gasteiger partial charge is 0.265 e. The number of nitrogens with one attached hydrogen (secondary N) is 1. The van der Waals surface area contributed by atoms with E-state index < -0.39 is 57.2 Å². The largest absolute Gasteiger partial charge is 0.416 e. The first-order valence-electron chi connectivity index (χ1n) is 11.0. The van der Waals surface area contributed by atoms with Crippen molar-refractivity contribution in [3.8, 4) is 5.69 Å². The van der Waals surface area contributed by atoms with Crippen molar-refractivity contribution >= 4 is 38.9 Å². The van der Waals surface area contributed by atoms with Gasteiger partial charge in [0.25, 0.3) is 0 Å². The normalized spacial score (nSPS) is 12.9. The Hall–Kier alpha value is -2.33. The van der Waals surface area contributed by atoms with E-state index in [0.717, 1.165) is 4.88 Å². The highest BCUT2D eigenvalue weighted by Gasteiger charge is 2.37. The molecule has 0 aliphatic carbocycles. The standard InChI is InChI=1S/C22H22F7N3O3S3/c1-12-13(2)37-19(36-7-5-3-4-6-23)17-18(30-20(33)32(12)17)31-38(34,35)11-14-8-15(21(24,25)26)10-16(9-14)22(27,28)29/h8-10H,3-7,11H2,1-2H3,(H,30,31,33). The molecule has 2 heterocycles. The number of hydrogen-bond donors (Lipinski definition) is 1. The topological polar surface area (TPSA) is 81.1 Å². The van der Waals surface area contributed by atoms with Crippen molar-refractivity contribution in [1.82, 2.24) is 9.55 Å². The lowest BCUT2D eigenvalue weighted by Gasteiger charge is -2.16. The summed E-state index contributed by atoms with van der Waals surface area (Å²) >= 11 is 2.57. The maximum absolute atomic E-state index is 13.2. The third-order valence-corrected chi connectivity index (χ3v) is 9.15. The lowest BCUT2D eigenvalue weighted by molar-refractivity contribution is -0.143. The summed E-state index contributed by atoms with van der Waals surface area (Å²) in [6.07, 6.45) is -8.62. The highest BCUT2D eigenvalue weighted by molar-refractivity contribution is 8.01. The number of hydrogen-bond acceptors (Lipinski definition) is 6. The zero-order chi connectivity index (χ0) is 28.5. The molecule has 38 heavy (non-hydrogen) atoms. The molecule has 2 aliphatic heterocycles. The van der Waals surface area contributed by atoms with Gasteiger partial charge in [-0.3, -0.25) is 13.7 Å². The van der Waals surface area contributed by atoms with E-state index in [9.17, 15) is 43.9 Å². The van der Waals surface area contributed by atoms with E-state index in [0.29, 0.717) is 47.1 Å². The molecule has 0 radical (unpaired) electrons. The van der Waals surface area contributed by atoms with Gasteiger partial charge < -0.3 is 0 Å². The van der Waals surface area contributed by atoms with E-state index in [1.807, 2.05) is 0 Å². The number of sulfonamides is 1. The maximum Gasteiger partial charge on any atom is 0.416 e. The fourth-order valence-electron chi connectivity index (χ4n) is 3.53. The quantitative estimate of drug-likeness (QED) is 0.161. The molecule has 0 amide bonds. The second kappa shape index (κ2) is 11.4. The van der Waals surface area contributed by atoms with Gasteiger partial charge in [-0.15, -0.1) is 23.1 Å². The number of alkyl halides is 7. The predicted octanol–water partition coefficient (Wildman–Crippen LogP) is 6.56. The van der Waals surface area contributed by atoms with Crippen LogP contribution in [0.1, 0.15) is 46.5 Å². The van der Waals surface area contributed by atoms with Crippen LogP contribution < -0.4 is 10.4 Å². The Morgan fingerprint density at radius 2 is 1.61 bits per heavy atom. The lowest BCUT2D eigenvalue weighted by atomic mass is 10.1. The average molecular weight is 606 g/mol. The third kappa shape index (κ3) is 7.20. The molecule has 6 nitrogen and oxygen atoms in total. The first-order chi connectivity index (χ1) is 17.5. The van der Waals surface area contributed by atoms with E-state index in [1.165, 1.54) is 27.7 Å². The number of aryl methyl sites for hydroxylation is 1. The van der Waals surface area contributed by atoms with Crippen LogP contribution in [-0.4, -0.2) is 30.4 Å². The van der Waals surface area contributed by atoms with E-state index in [-0.39, 0.29) is 17.6 Å². The molecular formula is C22H22F7N3O3S3. The van der Waals surface area contributed by atoms with Gasteiger partial charge in [0, 0.05) is 10.6 Å². The number of anilines is 1. The Labute approximate surface area is 221 Å². The SMILES string of the molecule is Cc1sc(SCCCCCF)c2c(NS(=O)(=O)Cc3cc(C(F)(F)F)cc(C(F)(F)F)c3)nc(=O)n-2c1C. The minimum atomic E-state index is -5.14. The number of thioether (sulfide) groups is 1. The molecule has 2 aliphatic rings. The molecule has 0 bridgehead atoms. The van der Waals surface area contributed by atoms with Crippen LogP contribution in [0.3, 0.4) is 0 Å². The highest BCUT2D eigenvalue weighted by Crippen LogP contribution is 2.39. The fourth-order valence-corrected chi connectivity index (χ4v) is 7.17. The number of nitrogens with zero attached hydrogens (tertiary/aromatic N) is 2. The molecule has 0 fully saturated rings. The second-order valence-electron chi connectivity index (χ2n) is 8.33. The summed E-state index contributed by atoms with van der Waals surface area (Å²) in [5, 5.41) is 0. The van der Waals surface area contributed by atoms with Crippen molar-refractivity contribution in [2.75, 3.05) is 17.1 Å². The molecule has 1 aromatic carbocycles. The van der Waals surface area contributed by atoms with Gasteiger partial charge >= 0.3 is 18.0 Å². The van der Waals surface area contributed by atoms with Crippen LogP contribution >= 0.6 is 23.1 Å². The molecule has 16 heteroatoms. The molecule has 210 valence electrons. The predicted molar refractivity (Wildman–Crippen MR) is 132 cm³/mol. The second-order valence-corrected chi connectivity index (χ2v) is 12.6. The van der Waals surface area contributed by atoms with E-state index in [4.69, 9.17) is 0 Å². The highest BCUT2D eigenvalue weighted by atomic mass is 32.2. The Kier molecular flexibility index (Phi) is 9.08. The summed E-state index contributed by atoms with van der Waals surface area (Å²) in [6, 6.07) is 0.555. The lowest BCUT2D eigenvalue weighted by Crippen LogP contribution is -2.18. The van der Waals surface area contributed by atoms with E-state index in [1.54, 1.807) is 13.8 Å². The van der Waals surface area contributed by atoms with Gasteiger partial charge in [0.05, 0.1) is 27.8 Å². The average Bonchev–Trinajstić information content (AvgIpc) is 3.10. The van der Waals surface area contributed by atoms with Crippen LogP contribution in [0.5, 0.6) is 0 Å². The Morgan fingerprint density at radius 1 is 1.00 bits per heavy atom. The zero-order valence-electron chi connectivity index (χ0n) is 20.0. The molecule has 1 aromatic rings. The fraction of sp³-hybridized carbons (Fsp3) is 0.455. The van der Waals surface area contributed by atoms with Crippen molar-refractivity contribution < 1.29 is 39.2 Å². The molecule has 0 unspecified atom stereocenters. The summed E-state index contributed by atoms with van der Waals surface area (Å²) in [6.45, 7) is 2.92. The van der Waals surface area contributed by atoms with Crippen LogP contribution in [-0.2, 0) is 28.1 Å². The first-order valence-corrected chi connectivity index (χ1v) is 14.5. The van der Waals surface area contributed by atoms with Gasteiger partial charge in [-0.25, -0.2) is 13.2 Å². The molecule has 0 atom stereocenters.